The Hall–Kier alpha value is -6.39. The molecule has 6 aromatic rings. The van der Waals surface area contributed by atoms with E-state index in [4.69, 9.17) is 0 Å². The Morgan fingerprint density at radius 2 is 1.30 bits per heavy atom. The number of anilines is 2. The molecule has 0 saturated heterocycles. The van der Waals surface area contributed by atoms with E-state index in [2.05, 4.69) is 29.8 Å². The Bertz CT molecular complexity index is 2330. The monoisotopic (exact) mass is 735 g/mol. The fourth-order valence-corrected chi connectivity index (χ4v) is 6.86. The lowest BCUT2D eigenvalue weighted by molar-refractivity contribution is -0.116. The van der Waals surface area contributed by atoms with Crippen LogP contribution in [0, 0.1) is 6.92 Å². The van der Waals surface area contributed by atoms with Crippen molar-refractivity contribution in [3.63, 3.8) is 0 Å². The van der Waals surface area contributed by atoms with Crippen molar-refractivity contribution in [3.8, 4) is 5.69 Å². The lowest BCUT2D eigenvalue weighted by atomic mass is 10.0. The van der Waals surface area contributed by atoms with Crippen molar-refractivity contribution in [1.82, 2.24) is 14.7 Å². The van der Waals surface area contributed by atoms with Gasteiger partial charge in [0.25, 0.3) is 17.4 Å². The molecule has 0 radical (unpaired) electrons. The van der Waals surface area contributed by atoms with Gasteiger partial charge < -0.3 is 16.0 Å². The summed E-state index contributed by atoms with van der Waals surface area (Å²) in [6, 6.07) is 42.3. The van der Waals surface area contributed by atoms with Crippen molar-refractivity contribution < 1.29 is 14.4 Å². The second kappa shape index (κ2) is 17.0. The van der Waals surface area contributed by atoms with E-state index in [0.717, 1.165) is 21.6 Å². The van der Waals surface area contributed by atoms with Crippen LogP contribution in [0.25, 0.3) is 11.8 Å². The molecule has 1 atom stereocenters. The smallest absolute Gasteiger partial charge is 0.295 e. The highest BCUT2D eigenvalue weighted by Gasteiger charge is 2.26. The van der Waals surface area contributed by atoms with Gasteiger partial charge in [-0.3, -0.25) is 23.9 Å². The summed E-state index contributed by atoms with van der Waals surface area (Å²) < 4.78 is 3.25. The standard InChI is InChI=1S/C44H41N5O4S/c1-29(2)32-22-20-31(21-23-32)28-38(46-41(50)34-16-10-6-11-17-34)42(51)45-35-24-26-37(27-25-35)54-40(33-14-8-5-9-15-33)43(52)47-39-30(3)48(4)49(44(39)53)36-18-12-7-13-19-36/h5-29,40H,1-4H3,(H,45,51)(H,46,50)(H,47,52)/b38-28-. The van der Waals surface area contributed by atoms with Crippen LogP contribution in [0.2, 0.25) is 0 Å². The summed E-state index contributed by atoms with van der Waals surface area (Å²) in [4.78, 5) is 55.1. The molecule has 0 saturated carbocycles. The average molecular weight is 736 g/mol. The van der Waals surface area contributed by atoms with Crippen molar-refractivity contribution in [1.29, 1.82) is 0 Å². The highest BCUT2D eigenvalue weighted by atomic mass is 32.2. The van der Waals surface area contributed by atoms with Crippen molar-refractivity contribution in [2.24, 2.45) is 7.05 Å². The number of nitrogens with zero attached hydrogens (tertiary/aromatic N) is 2. The van der Waals surface area contributed by atoms with Gasteiger partial charge in [-0.15, -0.1) is 11.8 Å². The minimum Gasteiger partial charge on any atom is -0.321 e. The van der Waals surface area contributed by atoms with Crippen LogP contribution in [0.4, 0.5) is 11.4 Å². The van der Waals surface area contributed by atoms with E-state index >= 15 is 0 Å². The molecule has 0 bridgehead atoms. The number of amides is 3. The molecule has 10 heteroatoms. The maximum absolute atomic E-state index is 14.0. The first kappa shape index (κ1) is 37.4. The molecule has 5 aromatic carbocycles. The van der Waals surface area contributed by atoms with Crippen molar-refractivity contribution in [2.45, 2.75) is 36.8 Å². The predicted molar refractivity (Wildman–Crippen MR) is 217 cm³/mol. The first-order valence-corrected chi connectivity index (χ1v) is 18.4. The molecule has 1 aromatic heterocycles. The van der Waals surface area contributed by atoms with Crippen molar-refractivity contribution in [2.75, 3.05) is 10.6 Å². The fraction of sp³-hybridized carbons (Fsp3) is 0.136. The lowest BCUT2D eigenvalue weighted by Gasteiger charge is -2.17. The van der Waals surface area contributed by atoms with Gasteiger partial charge in [-0.05, 0) is 84.1 Å². The van der Waals surface area contributed by atoms with E-state index in [1.165, 1.54) is 16.4 Å². The van der Waals surface area contributed by atoms with Gasteiger partial charge in [0.2, 0.25) is 5.91 Å². The van der Waals surface area contributed by atoms with E-state index in [0.29, 0.717) is 28.6 Å². The largest absolute Gasteiger partial charge is 0.321 e. The summed E-state index contributed by atoms with van der Waals surface area (Å²) in [6.45, 7) is 6.02. The van der Waals surface area contributed by atoms with Crippen LogP contribution in [-0.2, 0) is 16.6 Å². The third-order valence-corrected chi connectivity index (χ3v) is 10.2. The van der Waals surface area contributed by atoms with Gasteiger partial charge in [0, 0.05) is 23.2 Å². The van der Waals surface area contributed by atoms with Crippen LogP contribution in [-0.4, -0.2) is 27.1 Å². The highest BCUT2D eigenvalue weighted by Crippen LogP contribution is 2.37. The third-order valence-electron chi connectivity index (χ3n) is 8.95. The predicted octanol–water partition coefficient (Wildman–Crippen LogP) is 8.49. The molecule has 0 fully saturated rings. The molecule has 9 nitrogen and oxygen atoms in total. The number of hydrogen-bond donors (Lipinski definition) is 3. The molecule has 0 aliphatic carbocycles. The number of rotatable bonds is 12. The Labute approximate surface area is 318 Å². The summed E-state index contributed by atoms with van der Waals surface area (Å²) in [7, 11) is 1.78. The lowest BCUT2D eigenvalue weighted by Crippen LogP contribution is -2.30. The Morgan fingerprint density at radius 3 is 1.91 bits per heavy atom. The van der Waals surface area contributed by atoms with Crippen LogP contribution < -0.4 is 21.5 Å². The number of carbonyl (C=O) groups is 3. The van der Waals surface area contributed by atoms with Crippen LogP contribution in [0.5, 0.6) is 0 Å². The van der Waals surface area contributed by atoms with Gasteiger partial charge in [0.05, 0.1) is 11.4 Å². The van der Waals surface area contributed by atoms with E-state index in [-0.39, 0.29) is 22.9 Å². The fourth-order valence-electron chi connectivity index (χ4n) is 5.84. The van der Waals surface area contributed by atoms with Crippen LogP contribution in [0.3, 0.4) is 0 Å². The highest BCUT2D eigenvalue weighted by molar-refractivity contribution is 8.00. The summed E-state index contributed by atoms with van der Waals surface area (Å²) in [5.41, 5.74) is 4.90. The van der Waals surface area contributed by atoms with Gasteiger partial charge in [-0.2, -0.15) is 0 Å². The van der Waals surface area contributed by atoms with Gasteiger partial charge >= 0.3 is 0 Å². The summed E-state index contributed by atoms with van der Waals surface area (Å²) >= 11 is 1.32. The van der Waals surface area contributed by atoms with Crippen molar-refractivity contribution in [3.05, 3.63) is 184 Å². The molecular weight excluding hydrogens is 695 g/mol. The molecule has 272 valence electrons. The Kier molecular flexibility index (Phi) is 11.7. The maximum Gasteiger partial charge on any atom is 0.295 e. The zero-order valence-corrected chi connectivity index (χ0v) is 31.3. The van der Waals surface area contributed by atoms with Gasteiger partial charge in [0.15, 0.2) is 0 Å². The van der Waals surface area contributed by atoms with Gasteiger partial charge in [-0.1, -0.05) is 105 Å². The Morgan fingerprint density at radius 1 is 0.704 bits per heavy atom. The molecule has 3 amide bonds. The van der Waals surface area contributed by atoms with Crippen LogP contribution in [0.1, 0.15) is 57.8 Å². The average Bonchev–Trinajstić information content (AvgIpc) is 3.40. The van der Waals surface area contributed by atoms with E-state index in [1.54, 1.807) is 61.1 Å². The minimum absolute atomic E-state index is 0.0861. The van der Waals surface area contributed by atoms with Gasteiger partial charge in [0.1, 0.15) is 16.6 Å². The quantitative estimate of drug-likeness (QED) is 0.0862. The van der Waals surface area contributed by atoms with Crippen molar-refractivity contribution >= 4 is 46.9 Å². The topological polar surface area (TPSA) is 114 Å². The zero-order chi connectivity index (χ0) is 38.2. The number of benzene rings is 5. The van der Waals surface area contributed by atoms with E-state index in [9.17, 15) is 19.2 Å². The number of hydrogen-bond acceptors (Lipinski definition) is 5. The SMILES string of the molecule is Cc1c(NC(=O)C(Sc2ccc(NC(=O)/C(=C/c3ccc(C(C)C)cc3)NC(=O)c3ccccc3)cc2)c2ccccc2)c(=O)n(-c2ccccc2)n1C. The molecular formula is C44H41N5O4S. The molecule has 0 spiro atoms. The number of para-hydroxylation sites is 1. The van der Waals surface area contributed by atoms with E-state index < -0.39 is 17.1 Å². The second-order valence-electron chi connectivity index (χ2n) is 13.0. The molecule has 0 aliphatic rings. The molecule has 1 unspecified atom stereocenters. The molecule has 3 N–H and O–H groups in total. The van der Waals surface area contributed by atoms with Crippen LogP contribution >= 0.6 is 11.8 Å². The molecule has 1 heterocycles. The maximum atomic E-state index is 14.0. The first-order chi connectivity index (χ1) is 26.1. The molecule has 6 rings (SSSR count). The number of nitrogens with one attached hydrogen (secondary N) is 3. The normalized spacial score (nSPS) is 11.9. The zero-order valence-electron chi connectivity index (χ0n) is 30.4. The minimum atomic E-state index is -0.694. The third kappa shape index (κ3) is 8.79. The number of carbonyl (C=O) groups excluding carboxylic acids is 3. The number of thioether (sulfide) groups is 1. The second-order valence-corrected chi connectivity index (χ2v) is 14.2. The van der Waals surface area contributed by atoms with Crippen LogP contribution in [0.15, 0.2) is 155 Å². The molecule has 54 heavy (non-hydrogen) atoms. The van der Waals surface area contributed by atoms with E-state index in [1.807, 2.05) is 103 Å². The number of aromatic nitrogens is 2. The summed E-state index contributed by atoms with van der Waals surface area (Å²) in [5, 5.41) is 7.91. The Balaban J connectivity index is 1.21. The first-order valence-electron chi connectivity index (χ1n) is 17.5. The summed E-state index contributed by atoms with van der Waals surface area (Å²) in [6.07, 6.45) is 1.65. The molecule has 0 aliphatic heterocycles. The summed E-state index contributed by atoms with van der Waals surface area (Å²) in [5.74, 6) is -0.890. The van der Waals surface area contributed by atoms with Gasteiger partial charge in [-0.25, -0.2) is 4.68 Å².